The Morgan fingerprint density at radius 1 is 1.00 bits per heavy atom. The maximum atomic E-state index is 11.8. The first-order valence-corrected chi connectivity index (χ1v) is 10.0. The van der Waals surface area contributed by atoms with Crippen LogP contribution in [0, 0.1) is 23.7 Å². The summed E-state index contributed by atoms with van der Waals surface area (Å²) in [5, 5.41) is 2.54. The Morgan fingerprint density at radius 3 is 2.04 bits per heavy atom. The molecule has 0 aliphatic carbocycles. The first kappa shape index (κ1) is 23.7. The number of amides is 1. The van der Waals surface area contributed by atoms with Gasteiger partial charge in [-0.25, -0.2) is 9.59 Å². The monoisotopic (exact) mass is 389 g/mol. The summed E-state index contributed by atoms with van der Waals surface area (Å²) in [6.07, 6.45) is 0.498. The van der Waals surface area contributed by atoms with Crippen LogP contribution in [0.1, 0.15) is 53.0 Å². The van der Waals surface area contributed by atoms with Crippen LogP contribution in [0.15, 0.2) is 36.9 Å². The molecular formula is C23H35NO4. The normalized spacial score (nSPS) is 12.4. The molecule has 1 unspecified atom stereocenters. The molecule has 1 atom stereocenters. The van der Waals surface area contributed by atoms with Gasteiger partial charge in [-0.05, 0) is 47.3 Å². The van der Waals surface area contributed by atoms with Gasteiger partial charge in [0.1, 0.15) is 12.4 Å². The Morgan fingerprint density at radius 2 is 1.57 bits per heavy atom. The number of carbonyl (C=O) groups is 2. The molecule has 0 saturated heterocycles. The quantitative estimate of drug-likeness (QED) is 0.340. The Bertz CT molecular complexity index is 627. The van der Waals surface area contributed by atoms with Crippen molar-refractivity contribution in [1.29, 1.82) is 0 Å². The van der Waals surface area contributed by atoms with Gasteiger partial charge in [0.05, 0.1) is 6.54 Å². The molecule has 0 radical (unpaired) electrons. The third-order valence-electron chi connectivity index (χ3n) is 4.93. The minimum atomic E-state index is -0.579. The molecule has 5 nitrogen and oxygen atoms in total. The van der Waals surface area contributed by atoms with Crippen molar-refractivity contribution >= 4 is 12.1 Å². The average Bonchev–Trinajstić information content (AvgIpc) is 2.62. The summed E-state index contributed by atoms with van der Waals surface area (Å²) in [6, 6.07) is 7.77. The van der Waals surface area contributed by atoms with Crippen LogP contribution in [0.3, 0.4) is 0 Å². The topological polar surface area (TPSA) is 64.6 Å². The lowest BCUT2D eigenvalue weighted by Gasteiger charge is -2.36. The van der Waals surface area contributed by atoms with Crippen molar-refractivity contribution in [3.05, 3.63) is 42.5 Å². The van der Waals surface area contributed by atoms with Crippen LogP contribution in [-0.2, 0) is 9.53 Å². The first-order chi connectivity index (χ1) is 13.2. The van der Waals surface area contributed by atoms with Crippen molar-refractivity contribution in [2.75, 3.05) is 13.2 Å². The highest BCUT2D eigenvalue weighted by Gasteiger charge is 2.30. The Balaban J connectivity index is 2.71. The molecule has 1 aromatic rings. The van der Waals surface area contributed by atoms with Gasteiger partial charge in [0, 0.05) is 6.08 Å². The van der Waals surface area contributed by atoms with Crippen molar-refractivity contribution in [1.82, 2.24) is 5.32 Å². The van der Waals surface area contributed by atoms with E-state index in [0.717, 1.165) is 6.08 Å². The van der Waals surface area contributed by atoms with Gasteiger partial charge in [0.25, 0.3) is 0 Å². The molecule has 0 spiro atoms. The standard InChI is InChI=1S/C23H35NO4/c1-8-20(25)27-14-13-24-23(26)28-19-11-9-18(10-12-19)22(17(6)7)21(15(2)3)16(4)5/h8-12,15-17,21-22H,1,13-14H2,2-7H3,(H,24,26). The second kappa shape index (κ2) is 11.5. The van der Waals surface area contributed by atoms with Crippen molar-refractivity contribution < 1.29 is 19.1 Å². The Kier molecular flexibility index (Phi) is 9.77. The second-order valence-electron chi connectivity index (χ2n) is 8.09. The van der Waals surface area contributed by atoms with Gasteiger partial charge in [0.15, 0.2) is 0 Å². The first-order valence-electron chi connectivity index (χ1n) is 10.0. The van der Waals surface area contributed by atoms with E-state index in [1.807, 2.05) is 12.1 Å². The summed E-state index contributed by atoms with van der Waals surface area (Å²) in [7, 11) is 0. The Hall–Kier alpha value is -2.30. The van der Waals surface area contributed by atoms with Gasteiger partial charge in [0.2, 0.25) is 0 Å². The fourth-order valence-electron chi connectivity index (χ4n) is 3.92. The van der Waals surface area contributed by atoms with Crippen LogP contribution in [0.4, 0.5) is 4.79 Å². The van der Waals surface area contributed by atoms with E-state index in [2.05, 4.69) is 65.6 Å². The zero-order valence-corrected chi connectivity index (χ0v) is 18.0. The maximum Gasteiger partial charge on any atom is 0.412 e. The molecule has 0 aliphatic rings. The number of benzene rings is 1. The molecule has 0 heterocycles. The molecule has 5 heteroatoms. The molecule has 0 saturated carbocycles. The van der Waals surface area contributed by atoms with Crippen LogP contribution < -0.4 is 10.1 Å². The van der Waals surface area contributed by atoms with E-state index in [1.54, 1.807) is 0 Å². The number of ether oxygens (including phenoxy) is 2. The van der Waals surface area contributed by atoms with E-state index in [9.17, 15) is 9.59 Å². The van der Waals surface area contributed by atoms with Gasteiger partial charge in [-0.2, -0.15) is 0 Å². The maximum absolute atomic E-state index is 11.8. The summed E-state index contributed by atoms with van der Waals surface area (Å²) >= 11 is 0. The van der Waals surface area contributed by atoms with E-state index in [1.165, 1.54) is 5.56 Å². The van der Waals surface area contributed by atoms with E-state index in [4.69, 9.17) is 9.47 Å². The summed E-state index contributed by atoms with van der Waals surface area (Å²) in [5.41, 5.74) is 1.27. The number of hydrogen-bond acceptors (Lipinski definition) is 4. The molecule has 1 amide bonds. The minimum absolute atomic E-state index is 0.0702. The summed E-state index contributed by atoms with van der Waals surface area (Å²) in [5.74, 6) is 2.68. The lowest BCUT2D eigenvalue weighted by molar-refractivity contribution is -0.137. The van der Waals surface area contributed by atoms with E-state index >= 15 is 0 Å². The third-order valence-corrected chi connectivity index (χ3v) is 4.93. The highest BCUT2D eigenvalue weighted by Crippen LogP contribution is 2.41. The number of hydrogen-bond donors (Lipinski definition) is 1. The summed E-state index contributed by atoms with van der Waals surface area (Å²) < 4.78 is 10.1. The van der Waals surface area contributed by atoms with Gasteiger partial charge >= 0.3 is 12.1 Å². The van der Waals surface area contributed by atoms with E-state index in [0.29, 0.717) is 35.3 Å². The van der Waals surface area contributed by atoms with Crippen LogP contribution in [-0.4, -0.2) is 25.2 Å². The lowest BCUT2D eigenvalue weighted by Crippen LogP contribution is -2.30. The van der Waals surface area contributed by atoms with Gasteiger partial charge in [-0.1, -0.05) is 60.3 Å². The van der Waals surface area contributed by atoms with Crippen LogP contribution in [0.2, 0.25) is 0 Å². The zero-order valence-electron chi connectivity index (χ0n) is 18.0. The van der Waals surface area contributed by atoms with Crippen molar-refractivity contribution in [2.45, 2.75) is 47.5 Å². The molecule has 0 aromatic heterocycles. The highest BCUT2D eigenvalue weighted by molar-refractivity contribution is 5.81. The number of carbonyl (C=O) groups excluding carboxylic acids is 2. The molecule has 1 rings (SSSR count). The highest BCUT2D eigenvalue weighted by atomic mass is 16.6. The molecule has 28 heavy (non-hydrogen) atoms. The van der Waals surface area contributed by atoms with E-state index < -0.39 is 12.1 Å². The molecule has 0 fully saturated rings. The number of esters is 1. The zero-order chi connectivity index (χ0) is 21.3. The fraction of sp³-hybridized carbons (Fsp3) is 0.565. The number of nitrogens with one attached hydrogen (secondary N) is 1. The van der Waals surface area contributed by atoms with Crippen LogP contribution in [0.25, 0.3) is 0 Å². The average molecular weight is 390 g/mol. The largest absolute Gasteiger partial charge is 0.461 e. The van der Waals surface area contributed by atoms with Crippen LogP contribution in [0.5, 0.6) is 5.75 Å². The molecule has 1 aromatic carbocycles. The summed E-state index contributed by atoms with van der Waals surface area (Å²) in [6.45, 7) is 17.2. The predicted octanol–water partition coefficient (Wildman–Crippen LogP) is 5.17. The number of rotatable bonds is 10. The van der Waals surface area contributed by atoms with Gasteiger partial charge < -0.3 is 14.8 Å². The van der Waals surface area contributed by atoms with Crippen molar-refractivity contribution in [2.24, 2.45) is 23.7 Å². The molecular weight excluding hydrogens is 354 g/mol. The SMILES string of the molecule is C=CC(=O)OCCNC(=O)Oc1ccc(C(C(C)C)C(C(C)C)C(C)C)cc1. The molecule has 1 N–H and O–H groups in total. The van der Waals surface area contributed by atoms with Crippen LogP contribution >= 0.6 is 0 Å². The summed E-state index contributed by atoms with van der Waals surface area (Å²) in [4.78, 5) is 22.8. The minimum Gasteiger partial charge on any atom is -0.461 e. The van der Waals surface area contributed by atoms with Gasteiger partial charge in [-0.3, -0.25) is 0 Å². The molecule has 0 bridgehead atoms. The second-order valence-corrected chi connectivity index (χ2v) is 8.09. The lowest BCUT2D eigenvalue weighted by atomic mass is 9.68. The van der Waals surface area contributed by atoms with Crippen molar-refractivity contribution in [3.63, 3.8) is 0 Å². The Labute approximate surface area is 169 Å². The van der Waals surface area contributed by atoms with Gasteiger partial charge in [-0.15, -0.1) is 0 Å². The fourth-order valence-corrected chi connectivity index (χ4v) is 3.92. The smallest absolute Gasteiger partial charge is 0.412 e. The predicted molar refractivity (Wildman–Crippen MR) is 112 cm³/mol. The molecule has 156 valence electrons. The van der Waals surface area contributed by atoms with E-state index in [-0.39, 0.29) is 13.2 Å². The van der Waals surface area contributed by atoms with Crippen molar-refractivity contribution in [3.8, 4) is 5.75 Å². The molecule has 0 aliphatic heterocycles. The third kappa shape index (κ3) is 7.37.